The minimum absolute atomic E-state index is 0.0598. The average Bonchev–Trinajstić information content (AvgIpc) is 2.79. The zero-order valence-electron chi connectivity index (χ0n) is 18.1. The van der Waals surface area contributed by atoms with Crippen LogP contribution in [-0.2, 0) is 10.0 Å². The molecule has 0 aliphatic rings. The van der Waals surface area contributed by atoms with Gasteiger partial charge in [-0.3, -0.25) is 9.52 Å². The van der Waals surface area contributed by atoms with Crippen LogP contribution in [0.3, 0.4) is 0 Å². The molecule has 32 heavy (non-hydrogen) atoms. The highest BCUT2D eigenvalue weighted by Crippen LogP contribution is 2.33. The molecule has 0 aliphatic heterocycles. The molecule has 0 heterocycles. The van der Waals surface area contributed by atoms with Gasteiger partial charge in [-0.05, 0) is 49.4 Å². The molecule has 3 rings (SSSR count). The van der Waals surface area contributed by atoms with Crippen molar-refractivity contribution in [2.45, 2.75) is 11.8 Å². The first kappa shape index (κ1) is 23.0. The van der Waals surface area contributed by atoms with Gasteiger partial charge < -0.3 is 19.5 Å². The molecule has 0 aliphatic carbocycles. The summed E-state index contributed by atoms with van der Waals surface area (Å²) in [5.41, 5.74) is 1.93. The lowest BCUT2D eigenvalue weighted by Gasteiger charge is -2.15. The van der Waals surface area contributed by atoms with E-state index in [9.17, 15) is 13.2 Å². The number of benzene rings is 3. The van der Waals surface area contributed by atoms with Crippen LogP contribution in [0.2, 0.25) is 0 Å². The van der Waals surface area contributed by atoms with E-state index < -0.39 is 10.0 Å². The smallest absolute Gasteiger partial charge is 0.262 e. The summed E-state index contributed by atoms with van der Waals surface area (Å²) >= 11 is 0. The predicted molar refractivity (Wildman–Crippen MR) is 122 cm³/mol. The monoisotopic (exact) mass is 456 g/mol. The van der Waals surface area contributed by atoms with Crippen LogP contribution < -0.4 is 24.2 Å². The van der Waals surface area contributed by atoms with Gasteiger partial charge in [-0.25, -0.2) is 8.42 Å². The van der Waals surface area contributed by atoms with E-state index in [1.54, 1.807) is 30.3 Å². The van der Waals surface area contributed by atoms with Crippen LogP contribution in [0.15, 0.2) is 65.6 Å². The van der Waals surface area contributed by atoms with E-state index in [1.165, 1.54) is 39.5 Å². The van der Waals surface area contributed by atoms with E-state index in [0.29, 0.717) is 22.8 Å². The van der Waals surface area contributed by atoms with Crippen LogP contribution in [0.4, 0.5) is 11.4 Å². The van der Waals surface area contributed by atoms with Gasteiger partial charge >= 0.3 is 0 Å². The first-order chi connectivity index (χ1) is 15.3. The van der Waals surface area contributed by atoms with E-state index in [0.717, 1.165) is 5.56 Å². The molecular weight excluding hydrogens is 432 g/mol. The number of hydrogen-bond acceptors (Lipinski definition) is 6. The maximum Gasteiger partial charge on any atom is 0.262 e. The standard InChI is InChI=1S/C23H24N2O6S/c1-15-5-7-16(8-6-15)23(26)24-20-14-18(10-12-21(20)30-3)32(27,28)25-19-11-9-17(29-2)13-22(19)31-4/h5-14,25H,1-4H3,(H,24,26). The molecule has 0 radical (unpaired) electrons. The summed E-state index contributed by atoms with van der Waals surface area (Å²) in [6.07, 6.45) is 0. The first-order valence-electron chi connectivity index (χ1n) is 9.58. The lowest BCUT2D eigenvalue weighted by atomic mass is 10.1. The molecule has 3 aromatic rings. The second kappa shape index (κ2) is 9.61. The number of rotatable bonds is 8. The van der Waals surface area contributed by atoms with Crippen molar-refractivity contribution in [3.05, 3.63) is 71.8 Å². The molecule has 0 saturated carbocycles. The Labute approximate surface area is 187 Å². The number of hydrogen-bond donors (Lipinski definition) is 2. The Morgan fingerprint density at radius 1 is 0.781 bits per heavy atom. The van der Waals surface area contributed by atoms with E-state index in [2.05, 4.69) is 10.0 Å². The van der Waals surface area contributed by atoms with E-state index >= 15 is 0 Å². The Morgan fingerprint density at radius 2 is 1.47 bits per heavy atom. The second-order valence-electron chi connectivity index (χ2n) is 6.85. The van der Waals surface area contributed by atoms with Crippen molar-refractivity contribution in [2.75, 3.05) is 31.4 Å². The first-order valence-corrected chi connectivity index (χ1v) is 11.1. The molecule has 3 aromatic carbocycles. The maximum atomic E-state index is 13.0. The summed E-state index contributed by atoms with van der Waals surface area (Å²) in [6.45, 7) is 1.92. The molecule has 1 amide bonds. The fraction of sp³-hybridized carbons (Fsp3) is 0.174. The quantitative estimate of drug-likeness (QED) is 0.530. The van der Waals surface area contributed by atoms with Gasteiger partial charge in [-0.15, -0.1) is 0 Å². The summed E-state index contributed by atoms with van der Waals surface area (Å²) in [5.74, 6) is 0.763. The third kappa shape index (κ3) is 5.12. The van der Waals surface area contributed by atoms with Crippen molar-refractivity contribution in [1.82, 2.24) is 0 Å². The Kier molecular flexibility index (Phi) is 6.89. The van der Waals surface area contributed by atoms with Crippen LogP contribution in [0.1, 0.15) is 15.9 Å². The molecule has 2 N–H and O–H groups in total. The lowest BCUT2D eigenvalue weighted by Crippen LogP contribution is -2.16. The number of sulfonamides is 1. The number of amides is 1. The van der Waals surface area contributed by atoms with E-state index in [1.807, 2.05) is 19.1 Å². The van der Waals surface area contributed by atoms with Crippen LogP contribution in [-0.4, -0.2) is 35.7 Å². The van der Waals surface area contributed by atoms with Crippen molar-refractivity contribution in [3.63, 3.8) is 0 Å². The number of nitrogens with one attached hydrogen (secondary N) is 2. The third-order valence-corrected chi connectivity index (χ3v) is 6.06. The Bertz CT molecular complexity index is 1220. The Morgan fingerprint density at radius 3 is 2.09 bits per heavy atom. The molecule has 9 heteroatoms. The van der Waals surface area contributed by atoms with E-state index in [4.69, 9.17) is 14.2 Å². The summed E-state index contributed by atoms with van der Waals surface area (Å²) in [6, 6.07) is 15.9. The van der Waals surface area contributed by atoms with Crippen LogP contribution in [0.25, 0.3) is 0 Å². The van der Waals surface area contributed by atoms with Crippen molar-refractivity contribution in [1.29, 1.82) is 0 Å². The van der Waals surface area contributed by atoms with Gasteiger partial charge in [0.05, 0.1) is 37.6 Å². The number of carbonyl (C=O) groups is 1. The zero-order chi connectivity index (χ0) is 23.3. The number of ether oxygens (including phenoxy) is 3. The highest BCUT2D eigenvalue weighted by Gasteiger charge is 2.20. The molecule has 8 nitrogen and oxygen atoms in total. The normalized spacial score (nSPS) is 10.9. The summed E-state index contributed by atoms with van der Waals surface area (Å²) in [7, 11) is 0.371. The van der Waals surface area contributed by atoms with Crippen LogP contribution in [0.5, 0.6) is 17.2 Å². The lowest BCUT2D eigenvalue weighted by molar-refractivity contribution is 0.102. The second-order valence-corrected chi connectivity index (χ2v) is 8.54. The van der Waals surface area contributed by atoms with Crippen LogP contribution in [0, 0.1) is 6.92 Å². The number of carbonyl (C=O) groups excluding carboxylic acids is 1. The van der Waals surface area contributed by atoms with Crippen LogP contribution >= 0.6 is 0 Å². The van der Waals surface area contributed by atoms with Gasteiger partial charge in [0, 0.05) is 11.6 Å². The SMILES string of the molecule is COc1ccc(NS(=O)(=O)c2ccc(OC)c(NC(=O)c3ccc(C)cc3)c2)c(OC)c1. The minimum atomic E-state index is -4.00. The summed E-state index contributed by atoms with van der Waals surface area (Å²) in [5, 5.41) is 2.71. The van der Waals surface area contributed by atoms with Gasteiger partial charge in [0.15, 0.2) is 0 Å². The van der Waals surface area contributed by atoms with Crippen molar-refractivity contribution < 1.29 is 27.4 Å². The van der Waals surface area contributed by atoms with Crippen molar-refractivity contribution in [2.24, 2.45) is 0 Å². The number of aryl methyl sites for hydroxylation is 1. The molecule has 0 aromatic heterocycles. The molecule has 0 atom stereocenters. The maximum absolute atomic E-state index is 13.0. The van der Waals surface area contributed by atoms with Crippen molar-refractivity contribution >= 4 is 27.3 Å². The number of anilines is 2. The molecule has 0 unspecified atom stereocenters. The molecule has 0 saturated heterocycles. The van der Waals surface area contributed by atoms with Gasteiger partial charge in [0.1, 0.15) is 17.2 Å². The fourth-order valence-corrected chi connectivity index (χ4v) is 4.03. The van der Waals surface area contributed by atoms with Crippen molar-refractivity contribution in [3.8, 4) is 17.2 Å². The predicted octanol–water partition coefficient (Wildman–Crippen LogP) is 4.07. The van der Waals surface area contributed by atoms with E-state index in [-0.39, 0.29) is 22.2 Å². The average molecular weight is 457 g/mol. The highest BCUT2D eigenvalue weighted by molar-refractivity contribution is 7.92. The number of methoxy groups -OCH3 is 3. The van der Waals surface area contributed by atoms with Gasteiger partial charge in [0.2, 0.25) is 0 Å². The summed E-state index contributed by atoms with van der Waals surface area (Å²) < 4.78 is 44.2. The molecule has 0 bridgehead atoms. The zero-order valence-corrected chi connectivity index (χ0v) is 18.9. The molecule has 0 fully saturated rings. The molecule has 168 valence electrons. The van der Waals surface area contributed by atoms with Gasteiger partial charge in [0.25, 0.3) is 15.9 Å². The van der Waals surface area contributed by atoms with Gasteiger partial charge in [-0.2, -0.15) is 0 Å². The van der Waals surface area contributed by atoms with Gasteiger partial charge in [-0.1, -0.05) is 17.7 Å². The topological polar surface area (TPSA) is 103 Å². The highest BCUT2D eigenvalue weighted by atomic mass is 32.2. The molecule has 0 spiro atoms. The third-order valence-electron chi connectivity index (χ3n) is 4.70. The minimum Gasteiger partial charge on any atom is -0.497 e. The Hall–Kier alpha value is -3.72. The summed E-state index contributed by atoms with van der Waals surface area (Å²) in [4.78, 5) is 12.6. The largest absolute Gasteiger partial charge is 0.497 e. The fourth-order valence-electron chi connectivity index (χ4n) is 2.94. The Balaban J connectivity index is 1.91. The molecular formula is C23H24N2O6S.